The minimum absolute atomic E-state index is 0.0904. The van der Waals surface area contributed by atoms with Crippen LogP contribution in [0.15, 0.2) is 9.59 Å². The Kier molecular flexibility index (Phi) is 3.63. The van der Waals surface area contributed by atoms with Gasteiger partial charge in [0.15, 0.2) is 17.4 Å². The molecule has 0 aliphatic carbocycles. The van der Waals surface area contributed by atoms with Gasteiger partial charge in [-0.2, -0.15) is 4.98 Å². The molecule has 0 spiro atoms. The van der Waals surface area contributed by atoms with E-state index in [2.05, 4.69) is 15.9 Å². The number of terminal acetylenes is 1. The monoisotopic (exact) mass is 334 g/mol. The fourth-order valence-electron chi connectivity index (χ4n) is 2.73. The molecule has 2 aromatic rings. The number of ether oxygens (including phenoxy) is 1. The van der Waals surface area contributed by atoms with Crippen LogP contribution in [0.1, 0.15) is 12.6 Å². The van der Waals surface area contributed by atoms with Gasteiger partial charge in [0.1, 0.15) is 12.2 Å². The van der Waals surface area contributed by atoms with Gasteiger partial charge in [-0.25, -0.2) is 9.36 Å². The number of hydrogen-bond acceptors (Lipinski definition) is 7. The van der Waals surface area contributed by atoms with E-state index in [1.807, 2.05) is 0 Å². The molecule has 126 valence electrons. The van der Waals surface area contributed by atoms with E-state index >= 15 is 0 Å². The Morgan fingerprint density at radius 2 is 2.25 bits per heavy atom. The van der Waals surface area contributed by atoms with Gasteiger partial charge in [0, 0.05) is 6.42 Å². The van der Waals surface area contributed by atoms with Crippen LogP contribution in [0.2, 0.25) is 0 Å². The molecule has 3 rings (SSSR count). The molecule has 1 fully saturated rings. The number of aromatic nitrogens is 4. The lowest BCUT2D eigenvalue weighted by atomic mass is 10.2. The summed E-state index contributed by atoms with van der Waals surface area (Å²) in [5.74, 6) is 1.26. The lowest BCUT2D eigenvalue weighted by Crippen LogP contribution is -2.32. The van der Waals surface area contributed by atoms with Gasteiger partial charge in [-0.05, 0) is 0 Å². The first-order valence-corrected chi connectivity index (χ1v) is 6.92. The van der Waals surface area contributed by atoms with Crippen molar-refractivity contribution in [3.8, 4) is 12.3 Å². The number of aromatic amines is 1. The highest BCUT2D eigenvalue weighted by Crippen LogP contribution is 2.29. The summed E-state index contributed by atoms with van der Waals surface area (Å²) in [4.78, 5) is 42.3. The maximum absolute atomic E-state index is 12.6. The molecule has 3 atom stereocenters. The van der Waals surface area contributed by atoms with E-state index in [0.717, 1.165) is 9.13 Å². The van der Waals surface area contributed by atoms with Crippen molar-refractivity contribution in [3.63, 3.8) is 0 Å². The van der Waals surface area contributed by atoms with Crippen LogP contribution in [-0.4, -0.2) is 42.3 Å². The van der Waals surface area contributed by atoms with Crippen LogP contribution in [-0.2, 0) is 16.1 Å². The van der Waals surface area contributed by atoms with Gasteiger partial charge >= 0.3 is 5.69 Å². The lowest BCUT2D eigenvalue weighted by Gasteiger charge is -2.15. The Morgan fingerprint density at radius 1 is 1.54 bits per heavy atom. The van der Waals surface area contributed by atoms with E-state index in [1.165, 1.54) is 0 Å². The van der Waals surface area contributed by atoms with Gasteiger partial charge in [0.25, 0.3) is 5.56 Å². The topological polar surface area (TPSA) is 171 Å². The third-order valence-electron chi connectivity index (χ3n) is 3.74. The minimum atomic E-state index is -1.25. The Hall–Kier alpha value is -3.10. The average molecular weight is 334 g/mol. The summed E-state index contributed by atoms with van der Waals surface area (Å²) in [5, 5.41) is 10.1. The first kappa shape index (κ1) is 15.8. The van der Waals surface area contributed by atoms with E-state index in [9.17, 15) is 19.5 Å². The zero-order chi connectivity index (χ0) is 17.6. The quantitative estimate of drug-likeness (QED) is 0.440. The first-order valence-electron chi connectivity index (χ1n) is 6.92. The van der Waals surface area contributed by atoms with Crippen molar-refractivity contribution in [2.45, 2.75) is 31.4 Å². The Morgan fingerprint density at radius 3 is 2.83 bits per heavy atom. The number of rotatable bonds is 3. The second kappa shape index (κ2) is 5.52. The number of carbonyl (C=O) groups excluding carboxylic acids is 1. The van der Waals surface area contributed by atoms with Crippen LogP contribution >= 0.6 is 0 Å². The molecule has 11 nitrogen and oxygen atoms in total. The fraction of sp³-hybridized carbons (Fsp3) is 0.385. The second-order valence-corrected chi connectivity index (χ2v) is 5.29. The molecule has 24 heavy (non-hydrogen) atoms. The van der Waals surface area contributed by atoms with E-state index in [1.54, 1.807) is 0 Å². The molecule has 6 N–H and O–H groups in total. The number of aliphatic hydroxyl groups excluding tert-OH is 1. The van der Waals surface area contributed by atoms with Crippen LogP contribution in [0.25, 0.3) is 11.2 Å². The number of imidazole rings is 1. The van der Waals surface area contributed by atoms with Crippen molar-refractivity contribution in [3.05, 3.63) is 20.8 Å². The normalized spacial score (nSPS) is 23.4. The molecule has 0 bridgehead atoms. The molecule has 1 amide bonds. The SMILES string of the molecule is C#CCn1c(=O)n([C@@H]2OC(C(N)=O)C[C@H]2O)c2nc(N)[nH]c(=O)c21. The number of primary amides is 1. The summed E-state index contributed by atoms with van der Waals surface area (Å²) in [6.45, 7) is -0.195. The number of nitrogen functional groups attached to an aromatic ring is 1. The van der Waals surface area contributed by atoms with E-state index in [0.29, 0.717) is 0 Å². The number of carbonyl (C=O) groups is 1. The second-order valence-electron chi connectivity index (χ2n) is 5.29. The average Bonchev–Trinajstić information content (AvgIpc) is 2.99. The summed E-state index contributed by atoms with van der Waals surface area (Å²) in [7, 11) is 0. The van der Waals surface area contributed by atoms with Crippen molar-refractivity contribution < 1.29 is 14.6 Å². The third kappa shape index (κ3) is 2.25. The fourth-order valence-corrected chi connectivity index (χ4v) is 2.73. The number of anilines is 1. The summed E-state index contributed by atoms with van der Waals surface area (Å²) < 4.78 is 7.32. The van der Waals surface area contributed by atoms with E-state index < -0.39 is 35.6 Å². The molecule has 3 heterocycles. The van der Waals surface area contributed by atoms with Gasteiger partial charge in [-0.1, -0.05) is 5.92 Å². The standard InChI is InChI=1S/C13H14N6O5/c1-2-3-18-7-9(16-12(15)17-10(7)22)19(13(18)23)11-5(20)4-6(24-11)8(14)21/h1,5-6,11,20H,3-4H2,(H2,14,21)(H3,15,16,17,22)/t5-,6?,11-/m1/s1. The number of nitrogens with two attached hydrogens (primary N) is 2. The molecule has 11 heteroatoms. The minimum Gasteiger partial charge on any atom is -0.388 e. The summed E-state index contributed by atoms with van der Waals surface area (Å²) in [6, 6.07) is 0. The highest BCUT2D eigenvalue weighted by molar-refractivity contribution is 5.79. The third-order valence-corrected chi connectivity index (χ3v) is 3.74. The van der Waals surface area contributed by atoms with E-state index in [-0.39, 0.29) is 30.1 Å². The molecule has 0 radical (unpaired) electrons. The molecule has 1 aliphatic rings. The van der Waals surface area contributed by atoms with Gasteiger partial charge in [0.2, 0.25) is 11.9 Å². The molecule has 1 unspecified atom stereocenters. The smallest absolute Gasteiger partial charge is 0.333 e. The Labute approximate surface area is 133 Å². The van der Waals surface area contributed by atoms with Crippen LogP contribution in [0, 0.1) is 12.3 Å². The number of nitrogens with zero attached hydrogens (tertiary/aromatic N) is 3. The molecule has 0 aromatic carbocycles. The zero-order valence-electron chi connectivity index (χ0n) is 12.3. The largest absolute Gasteiger partial charge is 0.388 e. The maximum atomic E-state index is 12.6. The Bertz CT molecular complexity index is 980. The molecule has 2 aromatic heterocycles. The van der Waals surface area contributed by atoms with Crippen LogP contribution in [0.5, 0.6) is 0 Å². The molecular formula is C13H14N6O5. The number of amides is 1. The van der Waals surface area contributed by atoms with Gasteiger partial charge in [0.05, 0.1) is 6.54 Å². The van der Waals surface area contributed by atoms with Crippen LogP contribution < -0.4 is 22.7 Å². The van der Waals surface area contributed by atoms with Crippen molar-refractivity contribution in [1.82, 2.24) is 19.1 Å². The molecule has 0 saturated carbocycles. The van der Waals surface area contributed by atoms with Crippen molar-refractivity contribution in [1.29, 1.82) is 0 Å². The predicted molar refractivity (Wildman–Crippen MR) is 81.6 cm³/mol. The lowest BCUT2D eigenvalue weighted by molar-refractivity contribution is -0.131. The molecular weight excluding hydrogens is 320 g/mol. The molecule has 1 saturated heterocycles. The van der Waals surface area contributed by atoms with Crippen LogP contribution in [0.3, 0.4) is 0 Å². The van der Waals surface area contributed by atoms with Crippen molar-refractivity contribution in [2.24, 2.45) is 5.73 Å². The van der Waals surface area contributed by atoms with Crippen molar-refractivity contribution in [2.75, 3.05) is 5.73 Å². The highest BCUT2D eigenvalue weighted by Gasteiger charge is 2.40. The summed E-state index contributed by atoms with van der Waals surface area (Å²) >= 11 is 0. The van der Waals surface area contributed by atoms with Gasteiger partial charge in [-0.3, -0.25) is 19.1 Å². The highest BCUT2D eigenvalue weighted by atomic mass is 16.5. The zero-order valence-corrected chi connectivity index (χ0v) is 12.3. The van der Waals surface area contributed by atoms with Gasteiger partial charge < -0.3 is 21.3 Å². The number of H-pyrrole nitrogens is 1. The summed E-state index contributed by atoms with van der Waals surface area (Å²) in [6.07, 6.45) is 1.63. The van der Waals surface area contributed by atoms with Gasteiger partial charge in [-0.15, -0.1) is 6.42 Å². The van der Waals surface area contributed by atoms with E-state index in [4.69, 9.17) is 22.6 Å². The molecule has 1 aliphatic heterocycles. The number of aliphatic hydroxyl groups is 1. The van der Waals surface area contributed by atoms with Crippen LogP contribution in [0.4, 0.5) is 5.95 Å². The number of hydrogen-bond donors (Lipinski definition) is 4. The number of nitrogens with one attached hydrogen (secondary N) is 1. The van der Waals surface area contributed by atoms with Crippen molar-refractivity contribution >= 4 is 23.0 Å². The predicted octanol–water partition coefficient (Wildman–Crippen LogP) is -2.76. The first-order chi connectivity index (χ1) is 11.3. The Balaban J connectivity index is 2.27. The maximum Gasteiger partial charge on any atom is 0.333 e. The summed E-state index contributed by atoms with van der Waals surface area (Å²) in [5.41, 5.74) is 9.10. The number of fused-ring (bicyclic) bond motifs is 1.